The predicted octanol–water partition coefficient (Wildman–Crippen LogP) is 4.30. The van der Waals surface area contributed by atoms with E-state index in [9.17, 15) is 9.59 Å². The molecule has 0 saturated carbocycles. The van der Waals surface area contributed by atoms with E-state index in [-0.39, 0.29) is 36.1 Å². The summed E-state index contributed by atoms with van der Waals surface area (Å²) in [5.74, 6) is -0.261. The van der Waals surface area contributed by atoms with Crippen molar-refractivity contribution >= 4 is 12.0 Å². The van der Waals surface area contributed by atoms with Crippen molar-refractivity contribution in [1.82, 2.24) is 10.2 Å². The fourth-order valence-corrected chi connectivity index (χ4v) is 3.79. The number of likely N-dealkylation sites (tertiary alicyclic amines) is 1. The summed E-state index contributed by atoms with van der Waals surface area (Å²) in [6, 6.07) is 19.1. The number of alkyl carbamates (subject to hydrolysis) is 1. The number of hydrogen-bond donors (Lipinski definition) is 1. The number of amides is 2. The first-order valence-corrected chi connectivity index (χ1v) is 9.64. The minimum Gasteiger partial charge on any atom is -0.445 e. The number of rotatable bonds is 5. The van der Waals surface area contributed by atoms with Gasteiger partial charge in [-0.3, -0.25) is 4.79 Å². The second kappa shape index (κ2) is 8.05. The van der Waals surface area contributed by atoms with Crippen LogP contribution in [0.1, 0.15) is 44.9 Å². The molecule has 1 N–H and O–H groups in total. The zero-order valence-electron chi connectivity index (χ0n) is 16.9. The summed E-state index contributed by atoms with van der Waals surface area (Å²) in [7, 11) is 0. The zero-order valence-corrected chi connectivity index (χ0v) is 16.9. The van der Waals surface area contributed by atoms with Gasteiger partial charge >= 0.3 is 6.09 Å². The van der Waals surface area contributed by atoms with Crippen molar-refractivity contribution in [1.29, 1.82) is 0 Å². The van der Waals surface area contributed by atoms with Gasteiger partial charge in [0.2, 0.25) is 5.91 Å². The lowest BCUT2D eigenvalue weighted by molar-refractivity contribution is -0.169. The van der Waals surface area contributed by atoms with Gasteiger partial charge in [-0.2, -0.15) is 0 Å². The highest BCUT2D eigenvalue weighted by atomic mass is 16.5. The number of nitrogens with one attached hydrogen (secondary N) is 1. The molecule has 5 heteroatoms. The van der Waals surface area contributed by atoms with Gasteiger partial charge in [-0.05, 0) is 38.8 Å². The standard InChI is InChI=1S/C23H28N2O3/c1-16(24-22(27)28-15-17-11-7-5-8-12-17)19-20(18-13-9-6-10-14-18)25(21(19)26)23(2,3)4/h5-14,16,19-20H,15H2,1-4H3,(H,24,27)/t16-,19+,20+/m0/s1. The minimum atomic E-state index is -0.509. The largest absolute Gasteiger partial charge is 0.445 e. The lowest BCUT2D eigenvalue weighted by Crippen LogP contribution is -2.66. The van der Waals surface area contributed by atoms with E-state index < -0.39 is 6.09 Å². The molecule has 0 aliphatic carbocycles. The van der Waals surface area contributed by atoms with E-state index in [1.165, 1.54) is 0 Å². The Morgan fingerprint density at radius 1 is 1.07 bits per heavy atom. The van der Waals surface area contributed by atoms with Gasteiger partial charge < -0.3 is 15.0 Å². The van der Waals surface area contributed by atoms with Crippen LogP contribution in [0.5, 0.6) is 0 Å². The Morgan fingerprint density at radius 3 is 2.21 bits per heavy atom. The van der Waals surface area contributed by atoms with Crippen LogP contribution in [-0.2, 0) is 16.1 Å². The van der Waals surface area contributed by atoms with Crippen molar-refractivity contribution in [3.63, 3.8) is 0 Å². The number of carbonyl (C=O) groups is 2. The fourth-order valence-electron chi connectivity index (χ4n) is 3.79. The van der Waals surface area contributed by atoms with Crippen molar-refractivity contribution in [3.05, 3.63) is 71.8 Å². The molecular weight excluding hydrogens is 352 g/mol. The maximum Gasteiger partial charge on any atom is 0.407 e. The molecule has 3 atom stereocenters. The van der Waals surface area contributed by atoms with Crippen molar-refractivity contribution in [3.8, 4) is 0 Å². The number of benzene rings is 2. The normalized spacial score (nSPS) is 20.3. The molecule has 1 fully saturated rings. The molecule has 2 amide bonds. The van der Waals surface area contributed by atoms with E-state index in [1.54, 1.807) is 0 Å². The van der Waals surface area contributed by atoms with Crippen LogP contribution in [0.2, 0.25) is 0 Å². The first kappa shape index (κ1) is 19.9. The average molecular weight is 380 g/mol. The zero-order chi connectivity index (χ0) is 20.3. The first-order chi connectivity index (χ1) is 13.3. The summed E-state index contributed by atoms with van der Waals surface area (Å²) in [6.45, 7) is 8.16. The molecule has 2 aromatic rings. The second-order valence-electron chi connectivity index (χ2n) is 8.26. The highest BCUT2D eigenvalue weighted by Crippen LogP contribution is 2.46. The predicted molar refractivity (Wildman–Crippen MR) is 108 cm³/mol. The number of carbonyl (C=O) groups excluding carboxylic acids is 2. The van der Waals surface area contributed by atoms with Gasteiger partial charge in [-0.1, -0.05) is 60.7 Å². The quantitative estimate of drug-likeness (QED) is 0.787. The monoisotopic (exact) mass is 380 g/mol. The number of nitrogens with zero attached hydrogens (tertiary/aromatic N) is 1. The van der Waals surface area contributed by atoms with Crippen molar-refractivity contribution in [2.24, 2.45) is 5.92 Å². The summed E-state index contributed by atoms with van der Waals surface area (Å²) >= 11 is 0. The minimum absolute atomic E-state index is 0.0530. The van der Waals surface area contributed by atoms with Crippen LogP contribution >= 0.6 is 0 Å². The Labute approximate surface area is 166 Å². The molecule has 0 spiro atoms. The lowest BCUT2D eigenvalue weighted by Gasteiger charge is -2.55. The molecule has 0 aromatic heterocycles. The van der Waals surface area contributed by atoms with Gasteiger partial charge in [-0.25, -0.2) is 4.79 Å². The molecule has 3 rings (SSSR count). The lowest BCUT2D eigenvalue weighted by atomic mass is 9.75. The molecule has 0 unspecified atom stereocenters. The second-order valence-corrected chi connectivity index (χ2v) is 8.26. The molecule has 28 heavy (non-hydrogen) atoms. The highest BCUT2D eigenvalue weighted by molar-refractivity contribution is 5.88. The molecule has 5 nitrogen and oxygen atoms in total. The maximum atomic E-state index is 12.9. The molecule has 1 saturated heterocycles. The third-order valence-corrected chi connectivity index (χ3v) is 5.10. The summed E-state index contributed by atoms with van der Waals surface area (Å²) < 4.78 is 5.31. The Bertz CT molecular complexity index is 815. The van der Waals surface area contributed by atoms with Crippen molar-refractivity contribution in [2.75, 3.05) is 0 Å². The third kappa shape index (κ3) is 4.19. The van der Waals surface area contributed by atoms with Crippen LogP contribution in [0.3, 0.4) is 0 Å². The molecule has 0 radical (unpaired) electrons. The van der Waals surface area contributed by atoms with Gasteiger partial charge in [0.25, 0.3) is 0 Å². The number of hydrogen-bond acceptors (Lipinski definition) is 3. The van der Waals surface area contributed by atoms with Crippen LogP contribution in [0, 0.1) is 5.92 Å². The molecular formula is C23H28N2O3. The number of β-lactam (4-membered cyclic amide) rings is 1. The molecule has 148 valence electrons. The van der Waals surface area contributed by atoms with Gasteiger partial charge in [0.15, 0.2) is 0 Å². The Kier molecular flexibility index (Phi) is 5.73. The Balaban J connectivity index is 1.68. The van der Waals surface area contributed by atoms with Crippen LogP contribution in [0.15, 0.2) is 60.7 Å². The highest BCUT2D eigenvalue weighted by Gasteiger charge is 2.54. The van der Waals surface area contributed by atoms with Gasteiger partial charge in [0.1, 0.15) is 6.61 Å². The average Bonchev–Trinajstić information content (AvgIpc) is 2.64. The molecule has 1 aliphatic rings. The van der Waals surface area contributed by atoms with Crippen LogP contribution < -0.4 is 5.32 Å². The third-order valence-electron chi connectivity index (χ3n) is 5.10. The summed E-state index contributed by atoms with van der Waals surface area (Å²) in [6.07, 6.45) is -0.509. The van der Waals surface area contributed by atoms with E-state index in [2.05, 4.69) is 5.32 Å². The molecule has 1 heterocycles. The topological polar surface area (TPSA) is 58.6 Å². The molecule has 2 aromatic carbocycles. The Morgan fingerprint density at radius 2 is 1.64 bits per heavy atom. The van der Waals surface area contributed by atoms with E-state index in [4.69, 9.17) is 4.74 Å². The van der Waals surface area contributed by atoms with E-state index >= 15 is 0 Å². The molecule has 1 aliphatic heterocycles. The van der Waals surface area contributed by atoms with Gasteiger partial charge in [0.05, 0.1) is 12.0 Å². The van der Waals surface area contributed by atoms with Crippen molar-refractivity contribution in [2.45, 2.75) is 51.9 Å². The molecule has 0 bridgehead atoms. The van der Waals surface area contributed by atoms with E-state index in [0.29, 0.717) is 0 Å². The smallest absolute Gasteiger partial charge is 0.407 e. The fraction of sp³-hybridized carbons (Fsp3) is 0.391. The summed E-state index contributed by atoms with van der Waals surface area (Å²) in [4.78, 5) is 27.1. The SMILES string of the molecule is C[C@H](NC(=O)OCc1ccccc1)[C@H]1C(=O)N(C(C)(C)C)[C@@H]1c1ccccc1. The first-order valence-electron chi connectivity index (χ1n) is 9.64. The van der Waals surface area contributed by atoms with Crippen molar-refractivity contribution < 1.29 is 14.3 Å². The number of ether oxygens (including phenoxy) is 1. The maximum absolute atomic E-state index is 12.9. The van der Waals surface area contributed by atoms with Gasteiger partial charge in [0, 0.05) is 11.6 Å². The summed E-state index contributed by atoms with van der Waals surface area (Å²) in [5.41, 5.74) is 1.71. The van der Waals surface area contributed by atoms with E-state index in [1.807, 2.05) is 93.3 Å². The van der Waals surface area contributed by atoms with E-state index in [0.717, 1.165) is 11.1 Å². The van der Waals surface area contributed by atoms with Gasteiger partial charge in [-0.15, -0.1) is 0 Å². The van der Waals surface area contributed by atoms with Crippen LogP contribution in [-0.4, -0.2) is 28.5 Å². The summed E-state index contributed by atoms with van der Waals surface area (Å²) in [5, 5.41) is 2.85. The Hall–Kier alpha value is -2.82. The van der Waals surface area contributed by atoms with Crippen LogP contribution in [0.25, 0.3) is 0 Å². The van der Waals surface area contributed by atoms with Crippen LogP contribution in [0.4, 0.5) is 4.79 Å².